The van der Waals surface area contributed by atoms with Crippen LogP contribution in [0.3, 0.4) is 0 Å². The van der Waals surface area contributed by atoms with Gasteiger partial charge in [0.15, 0.2) is 0 Å². The average molecular weight is 468 g/mol. The van der Waals surface area contributed by atoms with Crippen molar-refractivity contribution in [2.75, 3.05) is 13.2 Å². The summed E-state index contributed by atoms with van der Waals surface area (Å²) in [7, 11) is 0. The van der Waals surface area contributed by atoms with Gasteiger partial charge in [-0.15, -0.1) is 0 Å². The maximum Gasteiger partial charge on any atom is 0.289 e. The van der Waals surface area contributed by atoms with Crippen LogP contribution in [0.15, 0.2) is 36.5 Å². The smallest absolute Gasteiger partial charge is 0.289 e. The van der Waals surface area contributed by atoms with E-state index in [1.165, 1.54) is 6.07 Å². The number of amides is 1. The summed E-state index contributed by atoms with van der Waals surface area (Å²) in [6.45, 7) is 4.31. The van der Waals surface area contributed by atoms with Crippen molar-refractivity contribution in [3.63, 3.8) is 0 Å². The molecular weight excluding hydrogens is 445 g/mol. The van der Waals surface area contributed by atoms with E-state index >= 15 is 0 Å². The summed E-state index contributed by atoms with van der Waals surface area (Å²) in [5, 5.41) is 20.8. The predicted molar refractivity (Wildman–Crippen MR) is 120 cm³/mol. The van der Waals surface area contributed by atoms with E-state index in [-0.39, 0.29) is 40.9 Å². The summed E-state index contributed by atoms with van der Waals surface area (Å²) in [6, 6.07) is 8.28. The molecular formula is C24H23ClFN5O2. The van der Waals surface area contributed by atoms with Gasteiger partial charge in [0.2, 0.25) is 5.82 Å². The van der Waals surface area contributed by atoms with Crippen molar-refractivity contribution in [3.05, 3.63) is 70.1 Å². The number of hydrogen-bond acceptors (Lipinski definition) is 6. The lowest BCUT2D eigenvalue weighted by molar-refractivity contribution is 0.0933. The molecule has 1 amide bonds. The van der Waals surface area contributed by atoms with Gasteiger partial charge in [-0.1, -0.05) is 31.5 Å². The first-order valence-electron chi connectivity index (χ1n) is 10.9. The molecule has 0 radical (unpaired) electrons. The fourth-order valence-corrected chi connectivity index (χ4v) is 5.97. The lowest BCUT2D eigenvalue weighted by Crippen LogP contribution is -2.38. The average Bonchev–Trinajstić information content (AvgIpc) is 3.18. The SMILES string of the molecule is CC1(C)[C@H]2CC[C@@]1(c1ccnc(C(=O)NCCO)n1)c1nnc(-c3c(F)cccc3Cl)cc12. The van der Waals surface area contributed by atoms with Crippen LogP contribution in [-0.2, 0) is 5.41 Å². The second kappa shape index (κ2) is 7.81. The molecule has 2 atom stereocenters. The fourth-order valence-electron chi connectivity index (χ4n) is 5.71. The Labute approximate surface area is 195 Å². The minimum atomic E-state index is -0.549. The third kappa shape index (κ3) is 3.08. The van der Waals surface area contributed by atoms with Gasteiger partial charge in [-0.05, 0) is 54.0 Å². The molecule has 2 heterocycles. The van der Waals surface area contributed by atoms with Crippen molar-refractivity contribution in [1.29, 1.82) is 0 Å². The molecule has 1 saturated carbocycles. The zero-order chi connectivity index (χ0) is 23.4. The summed E-state index contributed by atoms with van der Waals surface area (Å²) >= 11 is 6.28. The van der Waals surface area contributed by atoms with Crippen molar-refractivity contribution >= 4 is 17.5 Å². The molecule has 7 nitrogen and oxygen atoms in total. The molecule has 2 aromatic heterocycles. The number of fused-ring (bicyclic) bond motifs is 5. The van der Waals surface area contributed by atoms with E-state index in [0.717, 1.165) is 24.1 Å². The van der Waals surface area contributed by atoms with E-state index in [0.29, 0.717) is 11.4 Å². The van der Waals surface area contributed by atoms with Crippen LogP contribution in [0.2, 0.25) is 5.02 Å². The Kier molecular flexibility index (Phi) is 5.17. The number of benzene rings is 1. The van der Waals surface area contributed by atoms with Gasteiger partial charge in [-0.3, -0.25) is 4.79 Å². The minimum Gasteiger partial charge on any atom is -0.395 e. The summed E-state index contributed by atoms with van der Waals surface area (Å²) in [4.78, 5) is 21.2. The van der Waals surface area contributed by atoms with Gasteiger partial charge in [0.1, 0.15) is 5.82 Å². The lowest BCUT2D eigenvalue weighted by atomic mass is 9.66. The van der Waals surface area contributed by atoms with Crippen LogP contribution in [0.25, 0.3) is 11.3 Å². The summed E-state index contributed by atoms with van der Waals surface area (Å²) in [5.41, 5.74) is 2.38. The fraction of sp³-hybridized carbons (Fsp3) is 0.375. The number of aliphatic hydroxyl groups is 1. The second-order valence-corrected chi connectivity index (χ2v) is 9.50. The van der Waals surface area contributed by atoms with Crippen molar-refractivity contribution < 1.29 is 14.3 Å². The lowest BCUT2D eigenvalue weighted by Gasteiger charge is -2.37. The van der Waals surface area contributed by atoms with E-state index in [4.69, 9.17) is 16.7 Å². The molecule has 9 heteroatoms. The molecule has 0 aliphatic heterocycles. The van der Waals surface area contributed by atoms with Crippen molar-refractivity contribution in [2.24, 2.45) is 5.41 Å². The molecule has 2 N–H and O–H groups in total. The highest BCUT2D eigenvalue weighted by atomic mass is 35.5. The zero-order valence-electron chi connectivity index (χ0n) is 18.3. The van der Waals surface area contributed by atoms with Crippen LogP contribution in [-0.4, -0.2) is 44.3 Å². The van der Waals surface area contributed by atoms with Crippen LogP contribution in [0.5, 0.6) is 0 Å². The van der Waals surface area contributed by atoms with E-state index in [2.05, 4.69) is 39.3 Å². The third-order valence-electron chi connectivity index (χ3n) is 7.29. The molecule has 0 unspecified atom stereocenters. The minimum absolute atomic E-state index is 0.0470. The van der Waals surface area contributed by atoms with Crippen LogP contribution in [0, 0.1) is 11.2 Å². The summed E-state index contributed by atoms with van der Waals surface area (Å²) < 4.78 is 14.6. The van der Waals surface area contributed by atoms with Crippen molar-refractivity contribution in [1.82, 2.24) is 25.5 Å². The van der Waals surface area contributed by atoms with Gasteiger partial charge in [0, 0.05) is 12.7 Å². The van der Waals surface area contributed by atoms with Crippen molar-refractivity contribution in [2.45, 2.75) is 38.0 Å². The number of rotatable bonds is 5. The van der Waals surface area contributed by atoms with Gasteiger partial charge in [0.05, 0.1) is 39.7 Å². The normalized spacial score (nSPS) is 22.3. The molecule has 170 valence electrons. The number of nitrogens with zero attached hydrogens (tertiary/aromatic N) is 4. The number of halogens is 2. The Morgan fingerprint density at radius 2 is 2.12 bits per heavy atom. The molecule has 1 aromatic carbocycles. The second-order valence-electron chi connectivity index (χ2n) is 9.09. The highest BCUT2D eigenvalue weighted by Crippen LogP contribution is 2.69. The topological polar surface area (TPSA) is 101 Å². The highest BCUT2D eigenvalue weighted by Gasteiger charge is 2.65. The van der Waals surface area contributed by atoms with Gasteiger partial charge >= 0.3 is 0 Å². The predicted octanol–water partition coefficient (Wildman–Crippen LogP) is 3.65. The first kappa shape index (κ1) is 21.9. The van der Waals surface area contributed by atoms with Gasteiger partial charge < -0.3 is 10.4 Å². The monoisotopic (exact) mass is 467 g/mol. The maximum absolute atomic E-state index is 14.6. The first-order valence-corrected chi connectivity index (χ1v) is 11.2. The largest absolute Gasteiger partial charge is 0.395 e. The molecule has 5 rings (SSSR count). The molecule has 33 heavy (non-hydrogen) atoms. The maximum atomic E-state index is 14.6. The molecule has 2 aliphatic carbocycles. The molecule has 0 spiro atoms. The first-order chi connectivity index (χ1) is 15.8. The van der Waals surface area contributed by atoms with Gasteiger partial charge in [-0.2, -0.15) is 10.2 Å². The highest BCUT2D eigenvalue weighted by molar-refractivity contribution is 6.33. The van der Waals surface area contributed by atoms with E-state index < -0.39 is 17.1 Å². The number of hydrogen-bond donors (Lipinski definition) is 2. The Bertz CT molecular complexity index is 1250. The van der Waals surface area contributed by atoms with Gasteiger partial charge in [0.25, 0.3) is 5.91 Å². The van der Waals surface area contributed by atoms with Crippen molar-refractivity contribution in [3.8, 4) is 11.3 Å². The Balaban J connectivity index is 1.63. The number of nitrogens with one attached hydrogen (secondary N) is 1. The molecule has 2 bridgehead atoms. The number of carbonyl (C=O) groups excluding carboxylic acids is 1. The summed E-state index contributed by atoms with van der Waals surface area (Å²) in [5.74, 6) is -0.661. The Morgan fingerprint density at radius 1 is 1.30 bits per heavy atom. The number of aliphatic hydroxyl groups excluding tert-OH is 1. The van der Waals surface area contributed by atoms with Crippen LogP contribution >= 0.6 is 11.6 Å². The third-order valence-corrected chi connectivity index (χ3v) is 7.61. The van der Waals surface area contributed by atoms with E-state index in [1.807, 2.05) is 12.1 Å². The van der Waals surface area contributed by atoms with E-state index in [9.17, 15) is 9.18 Å². The number of aromatic nitrogens is 4. The summed E-state index contributed by atoms with van der Waals surface area (Å²) in [6.07, 6.45) is 3.29. The molecule has 2 aliphatic rings. The van der Waals surface area contributed by atoms with Crippen LogP contribution in [0.1, 0.15) is 60.2 Å². The van der Waals surface area contributed by atoms with Crippen LogP contribution < -0.4 is 5.32 Å². The van der Waals surface area contributed by atoms with Crippen LogP contribution in [0.4, 0.5) is 4.39 Å². The standard InChI is InChI=1S/C24H23ClFN5O2/c1-23(2)14-6-8-24(23,18-7-9-27-21(29-18)22(33)28-10-11-32)20-13(14)12-17(30-31-20)19-15(25)4-3-5-16(19)26/h3-5,7,9,12,14,32H,6,8,10-11H2,1-2H3,(H,28,33)/t14-,24+/m0/s1. The molecule has 3 aromatic rings. The van der Waals surface area contributed by atoms with Gasteiger partial charge in [-0.25, -0.2) is 14.4 Å². The number of carbonyl (C=O) groups is 1. The van der Waals surface area contributed by atoms with E-state index in [1.54, 1.807) is 18.3 Å². The Morgan fingerprint density at radius 3 is 2.88 bits per heavy atom. The zero-order valence-corrected chi connectivity index (χ0v) is 19.0. The Hall–Kier alpha value is -2.97. The quantitative estimate of drug-likeness (QED) is 0.594. The molecule has 0 saturated heterocycles. The molecule has 1 fully saturated rings.